The predicted octanol–water partition coefficient (Wildman–Crippen LogP) is 1.69. The lowest BCUT2D eigenvalue weighted by Gasteiger charge is -2.06. The highest BCUT2D eigenvalue weighted by molar-refractivity contribution is 14.1. The molecule has 1 heterocycles. The third-order valence-electron chi connectivity index (χ3n) is 2.40. The summed E-state index contributed by atoms with van der Waals surface area (Å²) in [5.74, 6) is 0. The SMILES string of the molecule is Cn1nccc1S(=O)(=O)NCCCCCCI. The Morgan fingerprint density at radius 1 is 1.35 bits per heavy atom. The molecule has 0 radical (unpaired) electrons. The lowest BCUT2D eigenvalue weighted by atomic mass is 10.2. The van der Waals surface area contributed by atoms with E-state index < -0.39 is 10.0 Å². The van der Waals surface area contributed by atoms with Crippen LogP contribution in [-0.4, -0.2) is 29.2 Å². The molecule has 0 bridgehead atoms. The van der Waals surface area contributed by atoms with Crippen LogP contribution in [0.15, 0.2) is 17.3 Å². The first kappa shape index (κ1) is 14.9. The standard InChI is InChI=1S/C10H18IN3O2S/c1-14-10(6-9-12-14)17(15,16)13-8-5-3-2-4-7-11/h6,9,13H,2-5,7-8H2,1H3. The Labute approximate surface area is 116 Å². The molecule has 0 aromatic carbocycles. The van der Waals surface area contributed by atoms with Gasteiger partial charge in [-0.05, 0) is 23.3 Å². The normalized spacial score (nSPS) is 11.9. The lowest BCUT2D eigenvalue weighted by Crippen LogP contribution is -2.26. The van der Waals surface area contributed by atoms with Crippen LogP contribution in [0.25, 0.3) is 0 Å². The number of hydrogen-bond donors (Lipinski definition) is 1. The maximum atomic E-state index is 11.8. The minimum absolute atomic E-state index is 0.213. The van der Waals surface area contributed by atoms with E-state index in [1.54, 1.807) is 7.05 Å². The van der Waals surface area contributed by atoms with Gasteiger partial charge in [-0.3, -0.25) is 4.68 Å². The third-order valence-corrected chi connectivity index (χ3v) is 4.70. The number of nitrogens with zero attached hydrogens (tertiary/aromatic N) is 2. The highest BCUT2D eigenvalue weighted by Crippen LogP contribution is 2.06. The zero-order valence-electron chi connectivity index (χ0n) is 9.89. The van der Waals surface area contributed by atoms with Crippen molar-refractivity contribution in [2.24, 2.45) is 7.05 Å². The molecule has 0 aliphatic carbocycles. The van der Waals surface area contributed by atoms with Gasteiger partial charge < -0.3 is 0 Å². The largest absolute Gasteiger partial charge is 0.257 e. The fourth-order valence-corrected chi connectivity index (χ4v) is 3.21. The summed E-state index contributed by atoms with van der Waals surface area (Å²) in [6.45, 7) is 0.495. The first-order valence-corrected chi connectivity index (χ1v) is 8.62. The summed E-state index contributed by atoms with van der Waals surface area (Å²) >= 11 is 2.35. The van der Waals surface area contributed by atoms with Crippen LogP contribution in [0.5, 0.6) is 0 Å². The number of hydrogen-bond acceptors (Lipinski definition) is 3. The number of alkyl halides is 1. The Bertz CT molecular complexity index is 431. The highest BCUT2D eigenvalue weighted by Gasteiger charge is 2.16. The monoisotopic (exact) mass is 371 g/mol. The Morgan fingerprint density at radius 2 is 2.06 bits per heavy atom. The van der Waals surface area contributed by atoms with Crippen LogP contribution in [0.1, 0.15) is 25.7 Å². The van der Waals surface area contributed by atoms with Crippen molar-refractivity contribution in [3.05, 3.63) is 12.3 Å². The van der Waals surface area contributed by atoms with Gasteiger partial charge in [-0.25, -0.2) is 13.1 Å². The smallest absolute Gasteiger partial charge is 0.256 e. The maximum Gasteiger partial charge on any atom is 0.257 e. The fourth-order valence-electron chi connectivity index (χ4n) is 1.48. The van der Waals surface area contributed by atoms with Gasteiger partial charge in [-0.1, -0.05) is 35.4 Å². The van der Waals surface area contributed by atoms with Gasteiger partial charge in [-0.2, -0.15) is 5.10 Å². The number of aromatic nitrogens is 2. The van der Waals surface area contributed by atoms with E-state index in [9.17, 15) is 8.42 Å². The number of halogens is 1. The molecule has 0 aliphatic rings. The van der Waals surface area contributed by atoms with E-state index in [1.165, 1.54) is 27.8 Å². The molecule has 7 heteroatoms. The van der Waals surface area contributed by atoms with Crippen molar-refractivity contribution in [3.63, 3.8) is 0 Å². The van der Waals surface area contributed by atoms with Crippen LogP contribution in [0.3, 0.4) is 0 Å². The zero-order valence-corrected chi connectivity index (χ0v) is 12.9. The average molecular weight is 371 g/mol. The van der Waals surface area contributed by atoms with Crippen molar-refractivity contribution >= 4 is 32.6 Å². The zero-order chi connectivity index (χ0) is 12.7. The second-order valence-electron chi connectivity index (χ2n) is 3.79. The van der Waals surface area contributed by atoms with Crippen molar-refractivity contribution in [3.8, 4) is 0 Å². The third kappa shape index (κ3) is 4.92. The van der Waals surface area contributed by atoms with Crippen LogP contribution in [0, 0.1) is 0 Å². The summed E-state index contributed by atoms with van der Waals surface area (Å²) in [5.41, 5.74) is 0. The van der Waals surface area contributed by atoms with Gasteiger partial charge in [0.1, 0.15) is 0 Å². The minimum atomic E-state index is -3.39. The maximum absolute atomic E-state index is 11.8. The minimum Gasteiger partial charge on any atom is -0.256 e. The molecule has 0 saturated carbocycles. The Balaban J connectivity index is 2.34. The van der Waals surface area contributed by atoms with Gasteiger partial charge in [0.25, 0.3) is 10.0 Å². The average Bonchev–Trinajstić information content (AvgIpc) is 2.70. The molecular weight excluding hydrogens is 353 g/mol. The van der Waals surface area contributed by atoms with E-state index in [0.29, 0.717) is 6.54 Å². The lowest BCUT2D eigenvalue weighted by molar-refractivity contribution is 0.557. The molecule has 0 saturated heterocycles. The van der Waals surface area contributed by atoms with Crippen LogP contribution in [0.2, 0.25) is 0 Å². The van der Waals surface area contributed by atoms with E-state index in [-0.39, 0.29) is 5.03 Å². The Hall–Kier alpha value is -0.150. The topological polar surface area (TPSA) is 64.0 Å². The number of unbranched alkanes of at least 4 members (excludes halogenated alkanes) is 3. The van der Waals surface area contributed by atoms with Crippen LogP contribution >= 0.6 is 22.6 Å². The molecule has 5 nitrogen and oxygen atoms in total. The van der Waals surface area contributed by atoms with Gasteiger partial charge in [0.05, 0.1) is 6.20 Å². The van der Waals surface area contributed by atoms with Crippen LogP contribution in [-0.2, 0) is 17.1 Å². The molecule has 0 spiro atoms. The Morgan fingerprint density at radius 3 is 2.65 bits per heavy atom. The molecule has 1 aromatic heterocycles. The van der Waals surface area contributed by atoms with E-state index >= 15 is 0 Å². The van der Waals surface area contributed by atoms with Gasteiger partial charge in [0.15, 0.2) is 5.03 Å². The predicted molar refractivity (Wildman–Crippen MR) is 75.8 cm³/mol. The summed E-state index contributed by atoms with van der Waals surface area (Å²) in [4.78, 5) is 0. The molecule has 0 atom stereocenters. The van der Waals surface area contributed by atoms with E-state index in [4.69, 9.17) is 0 Å². The molecule has 17 heavy (non-hydrogen) atoms. The first-order chi connectivity index (χ1) is 8.08. The van der Waals surface area contributed by atoms with E-state index in [1.807, 2.05) is 0 Å². The quantitative estimate of drug-likeness (QED) is 0.430. The molecule has 0 fully saturated rings. The summed E-state index contributed by atoms with van der Waals surface area (Å²) in [5, 5.41) is 4.06. The summed E-state index contributed by atoms with van der Waals surface area (Å²) < 4.78 is 28.8. The van der Waals surface area contributed by atoms with Gasteiger partial charge in [0, 0.05) is 13.6 Å². The first-order valence-electron chi connectivity index (χ1n) is 5.61. The second kappa shape index (κ2) is 7.32. The molecule has 1 aromatic rings. The van der Waals surface area contributed by atoms with E-state index in [0.717, 1.165) is 19.3 Å². The second-order valence-corrected chi connectivity index (χ2v) is 6.59. The van der Waals surface area contributed by atoms with Crippen molar-refractivity contribution in [1.82, 2.24) is 14.5 Å². The molecule has 1 rings (SSSR count). The number of nitrogens with one attached hydrogen (secondary N) is 1. The number of rotatable bonds is 8. The fraction of sp³-hybridized carbons (Fsp3) is 0.700. The van der Waals surface area contributed by atoms with Crippen LogP contribution < -0.4 is 4.72 Å². The molecule has 98 valence electrons. The molecule has 0 amide bonds. The number of sulfonamides is 1. The molecule has 1 N–H and O–H groups in total. The summed E-state index contributed by atoms with van der Waals surface area (Å²) in [7, 11) is -1.77. The molecule has 0 aliphatic heterocycles. The van der Waals surface area contributed by atoms with Gasteiger partial charge in [-0.15, -0.1) is 0 Å². The highest BCUT2D eigenvalue weighted by atomic mass is 127. The Kier molecular flexibility index (Phi) is 6.42. The molecule has 0 unspecified atom stereocenters. The van der Waals surface area contributed by atoms with Crippen molar-refractivity contribution in [2.45, 2.75) is 30.7 Å². The van der Waals surface area contributed by atoms with Crippen LogP contribution in [0.4, 0.5) is 0 Å². The summed E-state index contributed by atoms with van der Waals surface area (Å²) in [6, 6.07) is 1.50. The van der Waals surface area contributed by atoms with E-state index in [2.05, 4.69) is 32.4 Å². The summed E-state index contributed by atoms with van der Waals surface area (Å²) in [6.07, 6.45) is 5.80. The number of aryl methyl sites for hydroxylation is 1. The molecular formula is C10H18IN3O2S. The van der Waals surface area contributed by atoms with Gasteiger partial charge >= 0.3 is 0 Å². The van der Waals surface area contributed by atoms with Crippen molar-refractivity contribution in [2.75, 3.05) is 11.0 Å². The van der Waals surface area contributed by atoms with Crippen molar-refractivity contribution < 1.29 is 8.42 Å². The van der Waals surface area contributed by atoms with Gasteiger partial charge in [0.2, 0.25) is 0 Å². The van der Waals surface area contributed by atoms with Crippen molar-refractivity contribution in [1.29, 1.82) is 0 Å².